The van der Waals surface area contributed by atoms with Crippen LogP contribution in [0.25, 0.3) is 0 Å². The zero-order valence-corrected chi connectivity index (χ0v) is 19.1. The predicted molar refractivity (Wildman–Crippen MR) is 116 cm³/mol. The van der Waals surface area contributed by atoms with E-state index in [1.165, 1.54) is 16.4 Å². The van der Waals surface area contributed by atoms with Crippen LogP contribution in [-0.2, 0) is 10.0 Å². The van der Waals surface area contributed by atoms with Crippen LogP contribution in [0.5, 0.6) is 5.75 Å². The van der Waals surface area contributed by atoms with Crippen LogP contribution in [0.4, 0.5) is 0 Å². The number of benzene rings is 2. The molecule has 1 amide bonds. The average Bonchev–Trinajstić information content (AvgIpc) is 2.73. The lowest BCUT2D eigenvalue weighted by Gasteiger charge is -2.34. The minimum Gasteiger partial charge on any atom is -0.490 e. The molecule has 0 radical (unpaired) electrons. The Morgan fingerprint density at radius 3 is 2.43 bits per heavy atom. The number of hydrogen-bond acceptors (Lipinski definition) is 5. The molecular weight excluding hydrogens is 470 g/mol. The summed E-state index contributed by atoms with van der Waals surface area (Å²) in [5, 5.41) is 9.23. The van der Waals surface area contributed by atoms with Gasteiger partial charge in [0, 0.05) is 30.7 Å². The van der Waals surface area contributed by atoms with Crippen LogP contribution in [0.15, 0.2) is 51.8 Å². The van der Waals surface area contributed by atoms with E-state index in [2.05, 4.69) is 15.9 Å². The van der Waals surface area contributed by atoms with E-state index in [1.807, 2.05) is 19.9 Å². The molecule has 0 bridgehead atoms. The van der Waals surface area contributed by atoms with Crippen LogP contribution in [0.3, 0.4) is 0 Å². The molecule has 0 atom stereocenters. The molecule has 1 saturated heterocycles. The van der Waals surface area contributed by atoms with Crippen LogP contribution >= 0.6 is 15.9 Å². The van der Waals surface area contributed by atoms with E-state index in [9.17, 15) is 18.5 Å². The first-order valence-corrected chi connectivity index (χ1v) is 11.7. The summed E-state index contributed by atoms with van der Waals surface area (Å²) in [5.74, 6) is 0.287. The Hall–Kier alpha value is -2.41. The van der Waals surface area contributed by atoms with Crippen LogP contribution in [-0.4, -0.2) is 55.8 Å². The number of nitriles is 1. The van der Waals surface area contributed by atoms with Gasteiger partial charge >= 0.3 is 0 Å². The summed E-state index contributed by atoms with van der Waals surface area (Å²) < 4.78 is 33.9. The topological polar surface area (TPSA) is 90.7 Å². The van der Waals surface area contributed by atoms with Crippen molar-refractivity contribution in [3.63, 3.8) is 0 Å². The molecule has 0 saturated carbocycles. The zero-order valence-electron chi connectivity index (χ0n) is 16.7. The highest BCUT2D eigenvalue weighted by atomic mass is 79.9. The summed E-state index contributed by atoms with van der Waals surface area (Å²) in [4.78, 5) is 14.7. The van der Waals surface area contributed by atoms with E-state index in [-0.39, 0.29) is 48.6 Å². The second kappa shape index (κ2) is 9.16. The van der Waals surface area contributed by atoms with Gasteiger partial charge in [0.2, 0.25) is 10.0 Å². The molecule has 0 aromatic heterocycles. The average molecular weight is 492 g/mol. The van der Waals surface area contributed by atoms with E-state index < -0.39 is 10.0 Å². The van der Waals surface area contributed by atoms with Crippen molar-refractivity contribution in [1.82, 2.24) is 9.21 Å². The monoisotopic (exact) mass is 491 g/mol. The van der Waals surface area contributed by atoms with Crippen molar-refractivity contribution in [2.75, 3.05) is 26.2 Å². The van der Waals surface area contributed by atoms with Crippen molar-refractivity contribution in [3.05, 3.63) is 58.1 Å². The standard InChI is InChI=1S/C21H22BrN3O4S/c1-15(2)29-19-13-17(22)7-8-18(19)21(26)24-9-11-25(12-10-24)30(27,28)20-6-4-3-5-16(20)14-23/h3-8,13,15H,9-12H2,1-2H3. The summed E-state index contributed by atoms with van der Waals surface area (Å²) in [5.41, 5.74) is 0.555. The number of halogens is 1. The molecule has 1 aliphatic rings. The van der Waals surface area contributed by atoms with Crippen LogP contribution in [0, 0.1) is 11.3 Å². The smallest absolute Gasteiger partial charge is 0.257 e. The SMILES string of the molecule is CC(C)Oc1cc(Br)ccc1C(=O)N1CCN(S(=O)(=O)c2ccccc2C#N)CC1. The van der Waals surface area contributed by atoms with E-state index in [0.29, 0.717) is 11.3 Å². The first-order chi connectivity index (χ1) is 14.2. The van der Waals surface area contributed by atoms with Crippen molar-refractivity contribution in [3.8, 4) is 11.8 Å². The van der Waals surface area contributed by atoms with E-state index in [1.54, 1.807) is 35.2 Å². The molecule has 2 aromatic carbocycles. The third-order valence-electron chi connectivity index (χ3n) is 4.69. The summed E-state index contributed by atoms with van der Waals surface area (Å²) in [6, 6.07) is 13.3. The minimum absolute atomic E-state index is 0.00666. The molecule has 1 aliphatic heterocycles. The first-order valence-electron chi connectivity index (χ1n) is 9.49. The third kappa shape index (κ3) is 4.67. The fraction of sp³-hybridized carbons (Fsp3) is 0.333. The maximum atomic E-state index is 13.1. The van der Waals surface area contributed by atoms with Gasteiger partial charge in [-0.15, -0.1) is 0 Å². The number of piperazine rings is 1. The second-order valence-electron chi connectivity index (χ2n) is 7.11. The quantitative estimate of drug-likeness (QED) is 0.639. The van der Waals surface area contributed by atoms with Crippen molar-refractivity contribution in [2.45, 2.75) is 24.8 Å². The Morgan fingerprint density at radius 1 is 1.13 bits per heavy atom. The van der Waals surface area contributed by atoms with Gasteiger partial charge in [0.25, 0.3) is 5.91 Å². The fourth-order valence-corrected chi connectivity index (χ4v) is 5.15. The molecule has 158 valence electrons. The molecule has 0 N–H and O–H groups in total. The van der Waals surface area contributed by atoms with Gasteiger partial charge in [0.15, 0.2) is 0 Å². The molecule has 0 aliphatic carbocycles. The highest BCUT2D eigenvalue weighted by molar-refractivity contribution is 9.10. The van der Waals surface area contributed by atoms with Crippen LogP contribution in [0.2, 0.25) is 0 Å². The van der Waals surface area contributed by atoms with Crippen LogP contribution < -0.4 is 4.74 Å². The summed E-state index contributed by atoms with van der Waals surface area (Å²) in [7, 11) is -3.81. The lowest BCUT2D eigenvalue weighted by atomic mass is 10.1. The van der Waals surface area contributed by atoms with E-state index >= 15 is 0 Å². The molecular formula is C21H22BrN3O4S. The number of hydrogen-bond donors (Lipinski definition) is 0. The fourth-order valence-electron chi connectivity index (χ4n) is 3.25. The number of nitrogens with zero attached hydrogens (tertiary/aromatic N) is 3. The molecule has 0 spiro atoms. The predicted octanol–water partition coefficient (Wildman–Crippen LogP) is 3.25. The van der Waals surface area contributed by atoms with Crippen molar-refractivity contribution >= 4 is 31.9 Å². The second-order valence-corrected chi connectivity index (χ2v) is 9.93. The summed E-state index contributed by atoms with van der Waals surface area (Å²) in [6.45, 7) is 4.60. The number of ether oxygens (including phenoxy) is 1. The number of carbonyl (C=O) groups is 1. The number of amides is 1. The highest BCUT2D eigenvalue weighted by Crippen LogP contribution is 2.27. The van der Waals surface area contributed by atoms with E-state index in [4.69, 9.17) is 4.74 Å². The highest BCUT2D eigenvalue weighted by Gasteiger charge is 2.32. The normalized spacial score (nSPS) is 15.1. The summed E-state index contributed by atoms with van der Waals surface area (Å²) in [6.07, 6.45) is -0.0898. The molecule has 2 aromatic rings. The van der Waals surface area contributed by atoms with Gasteiger partial charge in [-0.25, -0.2) is 8.42 Å². The van der Waals surface area contributed by atoms with Gasteiger partial charge in [-0.3, -0.25) is 4.79 Å². The van der Waals surface area contributed by atoms with Gasteiger partial charge in [0.05, 0.1) is 22.1 Å². The maximum Gasteiger partial charge on any atom is 0.257 e. The van der Waals surface area contributed by atoms with E-state index in [0.717, 1.165) is 4.47 Å². The molecule has 30 heavy (non-hydrogen) atoms. The minimum atomic E-state index is -3.81. The van der Waals surface area contributed by atoms with Gasteiger partial charge in [-0.2, -0.15) is 9.57 Å². The zero-order chi connectivity index (χ0) is 21.9. The van der Waals surface area contributed by atoms with Gasteiger partial charge in [-0.1, -0.05) is 28.1 Å². The Kier molecular flexibility index (Phi) is 6.81. The Morgan fingerprint density at radius 2 is 1.80 bits per heavy atom. The Balaban J connectivity index is 1.76. The lowest BCUT2D eigenvalue weighted by Crippen LogP contribution is -2.50. The maximum absolute atomic E-state index is 13.1. The molecule has 7 nitrogen and oxygen atoms in total. The van der Waals surface area contributed by atoms with Crippen molar-refractivity contribution < 1.29 is 17.9 Å². The Bertz CT molecular complexity index is 1090. The number of sulfonamides is 1. The van der Waals surface area contributed by atoms with Crippen molar-refractivity contribution in [2.24, 2.45) is 0 Å². The number of rotatable bonds is 5. The van der Waals surface area contributed by atoms with Gasteiger partial charge < -0.3 is 9.64 Å². The first kappa shape index (κ1) is 22.3. The largest absolute Gasteiger partial charge is 0.490 e. The molecule has 3 rings (SSSR count). The molecule has 1 fully saturated rings. The molecule has 0 unspecified atom stereocenters. The van der Waals surface area contributed by atoms with Gasteiger partial charge in [-0.05, 0) is 44.2 Å². The lowest BCUT2D eigenvalue weighted by molar-refractivity contribution is 0.0692. The van der Waals surface area contributed by atoms with Crippen LogP contribution in [0.1, 0.15) is 29.8 Å². The third-order valence-corrected chi connectivity index (χ3v) is 7.14. The van der Waals surface area contributed by atoms with Gasteiger partial charge in [0.1, 0.15) is 11.8 Å². The molecule has 9 heteroatoms. The number of carbonyl (C=O) groups excluding carboxylic acids is 1. The Labute approximate surface area is 185 Å². The summed E-state index contributed by atoms with van der Waals surface area (Å²) >= 11 is 3.39. The van der Waals surface area contributed by atoms with Crippen molar-refractivity contribution in [1.29, 1.82) is 5.26 Å². The molecule has 1 heterocycles.